The molecule has 2 aliphatic rings. The minimum Gasteiger partial charge on any atom is -0.310 e. The number of fused-ring (bicyclic) bond motifs is 10. The predicted octanol–water partition coefficient (Wildman–Crippen LogP) is 7.18. The largest absolute Gasteiger partial charge is 0.310 e. The lowest BCUT2D eigenvalue weighted by atomic mass is 9.35. The first-order valence-corrected chi connectivity index (χ1v) is 14.6. The number of nitrogens with zero attached hydrogens (tertiary/aromatic N) is 2. The van der Waals surface area contributed by atoms with Crippen molar-refractivity contribution in [1.29, 1.82) is 0 Å². The van der Waals surface area contributed by atoms with E-state index in [0.717, 1.165) is 0 Å². The van der Waals surface area contributed by atoms with Gasteiger partial charge in [-0.05, 0) is 47.3 Å². The van der Waals surface area contributed by atoms with E-state index in [-0.39, 0.29) is 6.71 Å². The topological polar surface area (TPSA) is 9.86 Å². The lowest BCUT2D eigenvalue weighted by Crippen LogP contribution is -2.58. The Morgan fingerprint density at radius 1 is 0.475 bits per heavy atom. The molecule has 0 saturated carbocycles. The molecule has 0 N–H and O–H groups in total. The second-order valence-electron chi connectivity index (χ2n) is 10.9. The molecule has 40 heavy (non-hydrogen) atoms. The van der Waals surface area contributed by atoms with E-state index in [2.05, 4.69) is 137 Å². The lowest BCUT2D eigenvalue weighted by Gasteiger charge is -2.33. The minimum absolute atomic E-state index is 0.218. The molecule has 10 rings (SSSR count). The van der Waals surface area contributed by atoms with Crippen LogP contribution in [0.1, 0.15) is 0 Å². The summed E-state index contributed by atoms with van der Waals surface area (Å²) < 4.78 is 5.00. The molecule has 0 fully saturated rings. The monoisotopic (exact) mass is 524 g/mol. The normalized spacial score (nSPS) is 13.3. The summed E-state index contributed by atoms with van der Waals surface area (Å²) in [6.07, 6.45) is 0. The highest BCUT2D eigenvalue weighted by Gasteiger charge is 2.39. The van der Waals surface area contributed by atoms with Crippen LogP contribution in [-0.4, -0.2) is 15.8 Å². The van der Waals surface area contributed by atoms with Gasteiger partial charge in [0.25, 0.3) is 0 Å². The minimum atomic E-state index is 0.218. The number of hydrogen-bond acceptors (Lipinski definition) is 1. The number of hydrogen-bond donors (Lipinski definition) is 0. The van der Waals surface area contributed by atoms with Gasteiger partial charge >= 0.3 is 0 Å². The van der Waals surface area contributed by atoms with E-state index in [1.165, 1.54) is 81.2 Å². The molecule has 8 aromatic rings. The van der Waals surface area contributed by atoms with Gasteiger partial charge in [-0.25, -0.2) is 0 Å². The highest BCUT2D eigenvalue weighted by atomic mass is 32.2. The second-order valence-corrected chi connectivity index (χ2v) is 12.0. The van der Waals surface area contributed by atoms with Crippen LogP contribution in [0.3, 0.4) is 0 Å². The van der Waals surface area contributed by atoms with Crippen molar-refractivity contribution in [3.8, 4) is 11.4 Å². The summed E-state index contributed by atoms with van der Waals surface area (Å²) in [6, 6.07) is 47.3. The van der Waals surface area contributed by atoms with Crippen molar-refractivity contribution < 1.29 is 0 Å². The smallest absolute Gasteiger partial charge is 0.249 e. The van der Waals surface area contributed by atoms with Crippen molar-refractivity contribution in [3.63, 3.8) is 0 Å². The first-order valence-electron chi connectivity index (χ1n) is 13.8. The summed E-state index contributed by atoms with van der Waals surface area (Å²) in [5.74, 6) is 0. The maximum Gasteiger partial charge on any atom is 0.249 e. The van der Waals surface area contributed by atoms with Crippen LogP contribution in [0.25, 0.3) is 55.0 Å². The summed E-state index contributed by atoms with van der Waals surface area (Å²) in [6.45, 7) is 0.218. The van der Waals surface area contributed by atoms with Gasteiger partial charge in [0, 0.05) is 48.2 Å². The standard InChI is InChI=1S/C36H21BN2S/c1-5-16-29-23(10-1)24-11-2-6-17-30(24)38(29)22-20-32-35-34(21-22)40-33-19-8-4-14-27(33)37(35)28-15-9-13-26-25-12-3-7-18-31(25)39(32)36(26)28/h1-21H. The highest BCUT2D eigenvalue weighted by Crippen LogP contribution is 2.41. The Kier molecular flexibility index (Phi) is 3.97. The van der Waals surface area contributed by atoms with Gasteiger partial charge in [-0.3, -0.25) is 0 Å². The average molecular weight is 524 g/mol. The first-order chi connectivity index (χ1) is 19.9. The number of benzene rings is 6. The molecule has 0 spiro atoms. The van der Waals surface area contributed by atoms with Crippen molar-refractivity contribution in [2.75, 3.05) is 0 Å². The maximum atomic E-state index is 2.54. The molecule has 6 aromatic carbocycles. The number of para-hydroxylation sites is 4. The molecule has 4 heterocycles. The molecule has 2 nitrogen and oxygen atoms in total. The zero-order chi connectivity index (χ0) is 25.9. The third-order valence-electron chi connectivity index (χ3n) is 8.96. The molecule has 2 aliphatic heterocycles. The SMILES string of the molecule is c1ccc2c(c1)Sc1cc(-n3c4ccccc4c4ccccc43)cc3c1B2c1cccc2c4ccccc4n-3c12. The first kappa shape index (κ1) is 21.2. The fourth-order valence-corrected chi connectivity index (χ4v) is 8.62. The zero-order valence-corrected chi connectivity index (χ0v) is 22.3. The van der Waals surface area contributed by atoms with E-state index >= 15 is 0 Å². The van der Waals surface area contributed by atoms with Crippen LogP contribution in [-0.2, 0) is 0 Å². The van der Waals surface area contributed by atoms with Gasteiger partial charge in [-0.15, -0.1) is 0 Å². The van der Waals surface area contributed by atoms with E-state index in [9.17, 15) is 0 Å². The molecule has 184 valence electrons. The molecule has 0 unspecified atom stereocenters. The quantitative estimate of drug-likeness (QED) is 0.207. The van der Waals surface area contributed by atoms with E-state index in [0.29, 0.717) is 0 Å². The molecule has 0 amide bonds. The predicted molar refractivity (Wildman–Crippen MR) is 170 cm³/mol. The molecular formula is C36H21BN2S. The number of rotatable bonds is 1. The van der Waals surface area contributed by atoms with Gasteiger partial charge in [0.15, 0.2) is 0 Å². The van der Waals surface area contributed by atoms with Gasteiger partial charge in [-0.1, -0.05) is 108 Å². The highest BCUT2D eigenvalue weighted by molar-refractivity contribution is 8.00. The van der Waals surface area contributed by atoms with Crippen molar-refractivity contribution in [2.45, 2.75) is 9.79 Å². The second kappa shape index (κ2) is 7.50. The summed E-state index contributed by atoms with van der Waals surface area (Å²) in [5, 5.41) is 5.23. The molecule has 0 saturated heterocycles. The third-order valence-corrected chi connectivity index (χ3v) is 10.1. The molecule has 0 aliphatic carbocycles. The van der Waals surface area contributed by atoms with Gasteiger partial charge in [0.1, 0.15) is 0 Å². The van der Waals surface area contributed by atoms with Crippen LogP contribution in [0.2, 0.25) is 0 Å². The van der Waals surface area contributed by atoms with Gasteiger partial charge in [-0.2, -0.15) is 0 Å². The molecule has 0 bridgehead atoms. The molecular weight excluding hydrogens is 503 g/mol. The zero-order valence-electron chi connectivity index (χ0n) is 21.5. The van der Waals surface area contributed by atoms with Crippen molar-refractivity contribution in [2.24, 2.45) is 0 Å². The van der Waals surface area contributed by atoms with Gasteiger partial charge < -0.3 is 9.13 Å². The van der Waals surface area contributed by atoms with Crippen LogP contribution < -0.4 is 16.4 Å². The van der Waals surface area contributed by atoms with Crippen LogP contribution >= 0.6 is 11.8 Å². The van der Waals surface area contributed by atoms with E-state index < -0.39 is 0 Å². The van der Waals surface area contributed by atoms with Crippen molar-refractivity contribution in [1.82, 2.24) is 9.13 Å². The lowest BCUT2D eigenvalue weighted by molar-refractivity contribution is 1.12. The molecule has 4 heteroatoms. The summed E-state index contributed by atoms with van der Waals surface area (Å²) in [4.78, 5) is 2.70. The van der Waals surface area contributed by atoms with Crippen molar-refractivity contribution >= 4 is 78.5 Å². The average Bonchev–Trinajstić information content (AvgIpc) is 3.53. The molecule has 0 atom stereocenters. The van der Waals surface area contributed by atoms with Crippen LogP contribution in [0, 0.1) is 0 Å². The fraction of sp³-hybridized carbons (Fsp3) is 0. The van der Waals surface area contributed by atoms with E-state index in [1.807, 2.05) is 11.8 Å². The Labute approximate surface area is 235 Å². The van der Waals surface area contributed by atoms with Crippen LogP contribution in [0.5, 0.6) is 0 Å². The molecule has 0 radical (unpaired) electrons. The maximum absolute atomic E-state index is 2.54. The summed E-state index contributed by atoms with van der Waals surface area (Å²) >= 11 is 1.92. The Hall–Kier alpha value is -4.67. The fourth-order valence-electron chi connectivity index (χ4n) is 7.42. The van der Waals surface area contributed by atoms with Crippen LogP contribution in [0.4, 0.5) is 0 Å². The third kappa shape index (κ3) is 2.53. The Bertz CT molecular complexity index is 2320. The van der Waals surface area contributed by atoms with E-state index in [4.69, 9.17) is 0 Å². The summed E-state index contributed by atoms with van der Waals surface area (Å²) in [7, 11) is 0. The Morgan fingerprint density at radius 3 is 1.80 bits per heavy atom. The van der Waals surface area contributed by atoms with Gasteiger partial charge in [0.2, 0.25) is 6.71 Å². The van der Waals surface area contributed by atoms with Crippen LogP contribution in [0.15, 0.2) is 137 Å². The Balaban J connectivity index is 1.40. The van der Waals surface area contributed by atoms with E-state index in [1.54, 1.807) is 0 Å². The molecule has 2 aromatic heterocycles. The number of aromatic nitrogens is 2. The van der Waals surface area contributed by atoms with Crippen molar-refractivity contribution in [3.05, 3.63) is 127 Å². The summed E-state index contributed by atoms with van der Waals surface area (Å²) in [5.41, 5.74) is 11.8. The Morgan fingerprint density at radius 2 is 1.05 bits per heavy atom. The van der Waals surface area contributed by atoms with Gasteiger partial charge in [0.05, 0.1) is 16.6 Å².